The van der Waals surface area contributed by atoms with Gasteiger partial charge < -0.3 is 9.88 Å². The number of aryl methyl sites for hydroxylation is 1. The molecule has 1 heterocycles. The lowest BCUT2D eigenvalue weighted by atomic mass is 10.1. The molecule has 2 aromatic rings. The molecule has 0 aliphatic carbocycles. The summed E-state index contributed by atoms with van der Waals surface area (Å²) in [4.78, 5) is 12.4. The summed E-state index contributed by atoms with van der Waals surface area (Å²) >= 11 is 0. The lowest BCUT2D eigenvalue weighted by Crippen LogP contribution is -2.26. The number of primary sulfonamides is 1. The van der Waals surface area contributed by atoms with Crippen LogP contribution in [0.2, 0.25) is 0 Å². The van der Waals surface area contributed by atoms with Gasteiger partial charge in [0.05, 0.1) is 4.90 Å². The van der Waals surface area contributed by atoms with Crippen LogP contribution in [0.15, 0.2) is 40.8 Å². The molecule has 0 aliphatic rings. The van der Waals surface area contributed by atoms with Gasteiger partial charge in [0.15, 0.2) is 0 Å². The van der Waals surface area contributed by atoms with Crippen molar-refractivity contribution in [3.63, 3.8) is 0 Å². The first-order chi connectivity index (χ1) is 13.7. The molecule has 1 amide bonds. The molecule has 0 bridgehead atoms. The number of amides is 1. The Morgan fingerprint density at radius 2 is 1.93 bits per heavy atom. The van der Waals surface area contributed by atoms with E-state index in [1.807, 2.05) is 26.0 Å². The van der Waals surface area contributed by atoms with Crippen molar-refractivity contribution >= 4 is 22.0 Å². The number of aromatic nitrogens is 1. The summed E-state index contributed by atoms with van der Waals surface area (Å²) in [5.41, 5.74) is 3.88. The molecule has 29 heavy (non-hydrogen) atoms. The molecule has 1 aromatic heterocycles. The minimum absolute atomic E-state index is 0.0423. The number of hydrogen-bond acceptors (Lipinski definition) is 4. The third kappa shape index (κ3) is 5.79. The molecule has 0 atom stereocenters. The second-order valence-electron chi connectivity index (χ2n) is 6.84. The SMILES string of the molecule is CCCn1c(C)cc(/C=C(\C#N)C(=O)NCCc2ccc(S(N)(=O)=O)cc2)c1C. The lowest BCUT2D eigenvalue weighted by molar-refractivity contribution is -0.117. The van der Waals surface area contributed by atoms with Crippen molar-refractivity contribution in [3.8, 4) is 6.07 Å². The van der Waals surface area contributed by atoms with Gasteiger partial charge in [0.1, 0.15) is 11.6 Å². The van der Waals surface area contributed by atoms with Crippen molar-refractivity contribution in [2.24, 2.45) is 5.14 Å². The van der Waals surface area contributed by atoms with Crippen LogP contribution < -0.4 is 10.5 Å². The zero-order valence-electron chi connectivity index (χ0n) is 16.9. The van der Waals surface area contributed by atoms with E-state index in [1.54, 1.807) is 18.2 Å². The maximum Gasteiger partial charge on any atom is 0.261 e. The molecule has 7 nitrogen and oxygen atoms in total. The number of rotatable bonds is 8. The molecule has 0 fully saturated rings. The number of carbonyl (C=O) groups excluding carboxylic acids is 1. The predicted molar refractivity (Wildman–Crippen MR) is 112 cm³/mol. The Bertz CT molecular complexity index is 1060. The quantitative estimate of drug-likeness (QED) is 0.509. The van der Waals surface area contributed by atoms with Crippen molar-refractivity contribution in [3.05, 3.63) is 58.4 Å². The molecule has 2 rings (SSSR count). The van der Waals surface area contributed by atoms with Gasteiger partial charge in [-0.3, -0.25) is 4.79 Å². The van der Waals surface area contributed by atoms with E-state index in [0.717, 1.165) is 35.5 Å². The number of benzene rings is 1. The Morgan fingerprint density at radius 3 is 2.48 bits per heavy atom. The standard InChI is InChI=1S/C21H26N4O3S/c1-4-11-25-15(2)12-18(16(25)3)13-19(14-22)21(26)24-10-9-17-5-7-20(8-6-17)29(23,27)28/h5-8,12-13H,4,9-11H2,1-3H3,(H,24,26)(H2,23,27,28)/b19-13+. The van der Waals surface area contributed by atoms with Crippen LogP contribution in [0.5, 0.6) is 0 Å². The summed E-state index contributed by atoms with van der Waals surface area (Å²) < 4.78 is 24.7. The summed E-state index contributed by atoms with van der Waals surface area (Å²) in [7, 11) is -3.72. The molecule has 0 radical (unpaired) electrons. The van der Waals surface area contributed by atoms with Crippen molar-refractivity contribution < 1.29 is 13.2 Å². The smallest absolute Gasteiger partial charge is 0.261 e. The number of nitrogens with two attached hydrogens (primary N) is 1. The van der Waals surface area contributed by atoms with Crippen LogP contribution in [0, 0.1) is 25.2 Å². The molecule has 8 heteroatoms. The van der Waals surface area contributed by atoms with Crippen LogP contribution in [0.25, 0.3) is 6.08 Å². The summed E-state index contributed by atoms with van der Waals surface area (Å²) in [5, 5.41) is 17.2. The molecular weight excluding hydrogens is 388 g/mol. The van der Waals surface area contributed by atoms with E-state index in [9.17, 15) is 18.5 Å². The molecule has 0 unspecified atom stereocenters. The molecular formula is C21H26N4O3S. The van der Waals surface area contributed by atoms with Crippen molar-refractivity contribution in [1.29, 1.82) is 5.26 Å². The number of hydrogen-bond donors (Lipinski definition) is 2. The van der Waals surface area contributed by atoms with Gasteiger partial charge in [0.2, 0.25) is 10.0 Å². The first-order valence-electron chi connectivity index (χ1n) is 9.35. The highest BCUT2D eigenvalue weighted by Gasteiger charge is 2.13. The maximum absolute atomic E-state index is 12.4. The minimum Gasteiger partial charge on any atom is -0.351 e. The first-order valence-corrected chi connectivity index (χ1v) is 10.9. The highest BCUT2D eigenvalue weighted by atomic mass is 32.2. The van der Waals surface area contributed by atoms with Crippen molar-refractivity contribution in [2.75, 3.05) is 6.54 Å². The summed E-state index contributed by atoms with van der Waals surface area (Å²) in [6.45, 7) is 7.30. The molecule has 0 saturated carbocycles. The average molecular weight is 415 g/mol. The van der Waals surface area contributed by atoms with Gasteiger partial charge in [0.25, 0.3) is 5.91 Å². The molecule has 0 aliphatic heterocycles. The Balaban J connectivity index is 2.03. The van der Waals surface area contributed by atoms with Gasteiger partial charge >= 0.3 is 0 Å². The fourth-order valence-corrected chi connectivity index (χ4v) is 3.62. The van der Waals surface area contributed by atoms with E-state index in [4.69, 9.17) is 5.14 Å². The number of nitrogens with zero attached hydrogens (tertiary/aromatic N) is 2. The fraction of sp³-hybridized carbons (Fsp3) is 0.333. The highest BCUT2D eigenvalue weighted by molar-refractivity contribution is 7.89. The van der Waals surface area contributed by atoms with E-state index in [1.165, 1.54) is 12.1 Å². The normalized spacial score (nSPS) is 11.9. The van der Waals surface area contributed by atoms with Gasteiger partial charge in [-0.2, -0.15) is 5.26 Å². The van der Waals surface area contributed by atoms with Gasteiger partial charge in [-0.1, -0.05) is 19.1 Å². The largest absolute Gasteiger partial charge is 0.351 e. The maximum atomic E-state index is 12.4. The van der Waals surface area contributed by atoms with Gasteiger partial charge in [0, 0.05) is 24.5 Å². The van der Waals surface area contributed by atoms with Crippen LogP contribution in [-0.2, 0) is 27.8 Å². The van der Waals surface area contributed by atoms with E-state index in [2.05, 4.69) is 16.8 Å². The van der Waals surface area contributed by atoms with E-state index in [-0.39, 0.29) is 10.5 Å². The predicted octanol–water partition coefficient (Wildman–Crippen LogP) is 2.43. The highest BCUT2D eigenvalue weighted by Crippen LogP contribution is 2.18. The fourth-order valence-electron chi connectivity index (χ4n) is 3.11. The summed E-state index contributed by atoms with van der Waals surface area (Å²) in [6.07, 6.45) is 3.12. The van der Waals surface area contributed by atoms with Crippen LogP contribution >= 0.6 is 0 Å². The molecule has 3 N–H and O–H groups in total. The van der Waals surface area contributed by atoms with Crippen LogP contribution in [0.1, 0.15) is 35.9 Å². The number of sulfonamides is 1. The third-order valence-electron chi connectivity index (χ3n) is 4.68. The summed E-state index contributed by atoms with van der Waals surface area (Å²) in [5.74, 6) is -0.436. The Morgan fingerprint density at radius 1 is 1.28 bits per heavy atom. The van der Waals surface area contributed by atoms with Gasteiger partial charge in [-0.05, 0) is 62.1 Å². The number of carbonyl (C=O) groups is 1. The molecule has 0 saturated heterocycles. The van der Waals surface area contributed by atoms with Crippen molar-refractivity contribution in [1.82, 2.24) is 9.88 Å². The van der Waals surface area contributed by atoms with Crippen LogP contribution in [0.4, 0.5) is 0 Å². The van der Waals surface area contributed by atoms with Crippen LogP contribution in [-0.4, -0.2) is 25.4 Å². The first kappa shape index (κ1) is 22.4. The van der Waals surface area contributed by atoms with Gasteiger partial charge in [-0.25, -0.2) is 13.6 Å². The molecule has 0 spiro atoms. The Kier molecular flexibility index (Phi) is 7.37. The Labute approximate surface area is 171 Å². The minimum atomic E-state index is -3.72. The molecule has 154 valence electrons. The Hall–Kier alpha value is -2.89. The van der Waals surface area contributed by atoms with Crippen LogP contribution in [0.3, 0.4) is 0 Å². The lowest BCUT2D eigenvalue weighted by Gasteiger charge is -2.07. The summed E-state index contributed by atoms with van der Waals surface area (Å²) in [6, 6.07) is 10.1. The zero-order chi connectivity index (χ0) is 21.6. The average Bonchev–Trinajstić information content (AvgIpc) is 2.93. The van der Waals surface area contributed by atoms with Crippen molar-refractivity contribution in [2.45, 2.75) is 45.1 Å². The number of nitriles is 1. The third-order valence-corrected chi connectivity index (χ3v) is 5.61. The molecule has 1 aromatic carbocycles. The second-order valence-corrected chi connectivity index (χ2v) is 8.40. The second kappa shape index (κ2) is 9.54. The van der Waals surface area contributed by atoms with Gasteiger partial charge in [-0.15, -0.1) is 0 Å². The van der Waals surface area contributed by atoms with E-state index >= 15 is 0 Å². The zero-order valence-corrected chi connectivity index (χ0v) is 17.7. The number of nitrogens with one attached hydrogen (secondary N) is 1. The van der Waals surface area contributed by atoms with E-state index in [0.29, 0.717) is 13.0 Å². The monoisotopic (exact) mass is 414 g/mol. The van der Waals surface area contributed by atoms with E-state index < -0.39 is 15.9 Å². The topological polar surface area (TPSA) is 118 Å².